The van der Waals surface area contributed by atoms with Crippen LogP contribution in [0.25, 0.3) is 11.3 Å². The van der Waals surface area contributed by atoms with Crippen molar-refractivity contribution in [3.63, 3.8) is 0 Å². The molecule has 0 saturated carbocycles. The predicted molar refractivity (Wildman–Crippen MR) is 57.8 cm³/mol. The molecule has 82 valence electrons. The first-order valence-electron chi connectivity index (χ1n) is 4.56. The minimum atomic E-state index is -1.12. The molecule has 6 heteroatoms. The van der Waals surface area contributed by atoms with Crippen LogP contribution in [0.2, 0.25) is 0 Å². The van der Waals surface area contributed by atoms with Gasteiger partial charge in [-0.25, -0.2) is 14.8 Å². The lowest BCUT2D eigenvalue weighted by Gasteiger charge is -2.00. The van der Waals surface area contributed by atoms with Crippen LogP contribution in [0.4, 0.5) is 5.95 Å². The highest BCUT2D eigenvalue weighted by Gasteiger charge is 2.10. The summed E-state index contributed by atoms with van der Waals surface area (Å²) < 4.78 is 1.84. The second-order valence-electron chi connectivity index (χ2n) is 3.37. The molecule has 2 heterocycles. The van der Waals surface area contributed by atoms with Crippen molar-refractivity contribution < 1.29 is 9.90 Å². The lowest BCUT2D eigenvalue weighted by atomic mass is 10.2. The molecule has 2 rings (SSSR count). The molecule has 0 spiro atoms. The molecule has 0 aliphatic heterocycles. The van der Waals surface area contributed by atoms with Crippen LogP contribution in [-0.4, -0.2) is 25.6 Å². The average Bonchev–Trinajstić information content (AvgIpc) is 2.64. The fourth-order valence-electron chi connectivity index (χ4n) is 1.38. The van der Waals surface area contributed by atoms with E-state index in [2.05, 4.69) is 9.97 Å². The topological polar surface area (TPSA) is 94.0 Å². The van der Waals surface area contributed by atoms with Crippen LogP contribution in [0.5, 0.6) is 0 Å². The van der Waals surface area contributed by atoms with E-state index >= 15 is 0 Å². The Hall–Kier alpha value is -2.37. The Labute approximate surface area is 91.4 Å². The Morgan fingerprint density at radius 2 is 2.25 bits per heavy atom. The van der Waals surface area contributed by atoms with Crippen molar-refractivity contribution in [2.75, 3.05) is 5.73 Å². The summed E-state index contributed by atoms with van der Waals surface area (Å²) in [5.41, 5.74) is 6.65. The van der Waals surface area contributed by atoms with Gasteiger partial charge < -0.3 is 15.4 Å². The van der Waals surface area contributed by atoms with Gasteiger partial charge in [0.05, 0.1) is 5.69 Å². The molecule has 0 bridgehead atoms. The first-order chi connectivity index (χ1) is 7.56. The van der Waals surface area contributed by atoms with Crippen LogP contribution in [0.3, 0.4) is 0 Å². The normalized spacial score (nSPS) is 10.3. The highest BCUT2D eigenvalue weighted by molar-refractivity contribution is 5.87. The molecule has 16 heavy (non-hydrogen) atoms. The summed E-state index contributed by atoms with van der Waals surface area (Å²) >= 11 is 0. The van der Waals surface area contributed by atoms with Crippen molar-refractivity contribution in [1.29, 1.82) is 0 Å². The lowest BCUT2D eigenvalue weighted by Crippen LogP contribution is -2.05. The van der Waals surface area contributed by atoms with Crippen molar-refractivity contribution in [3.8, 4) is 11.3 Å². The van der Waals surface area contributed by atoms with E-state index in [1.54, 1.807) is 0 Å². The Morgan fingerprint density at radius 3 is 2.81 bits per heavy atom. The van der Waals surface area contributed by atoms with E-state index in [-0.39, 0.29) is 11.6 Å². The molecule has 0 aliphatic rings. The number of nitrogens with zero attached hydrogens (tertiary/aromatic N) is 3. The third-order valence-electron chi connectivity index (χ3n) is 2.09. The van der Waals surface area contributed by atoms with Gasteiger partial charge in [0.1, 0.15) is 0 Å². The lowest BCUT2D eigenvalue weighted by molar-refractivity contribution is 0.0690. The Balaban J connectivity index is 2.53. The number of carbonyl (C=O) groups is 1. The molecule has 0 aromatic carbocycles. The van der Waals surface area contributed by atoms with Gasteiger partial charge in [-0.15, -0.1) is 0 Å². The fourth-order valence-corrected chi connectivity index (χ4v) is 1.38. The van der Waals surface area contributed by atoms with Gasteiger partial charge in [-0.2, -0.15) is 0 Å². The third-order valence-corrected chi connectivity index (χ3v) is 2.09. The minimum absolute atomic E-state index is 0.0428. The summed E-state index contributed by atoms with van der Waals surface area (Å²) in [6.45, 7) is 0. The molecule has 0 amide bonds. The molecule has 2 aromatic heterocycles. The number of hydrogen-bond acceptors (Lipinski definition) is 4. The standard InChI is InChI=1S/C10H10N4O2/c1-14-3-2-6(5-14)7-4-8(9(15)16)13-10(11)12-7/h2-5H,1H3,(H,15,16)(H2,11,12,13). The fraction of sp³-hybridized carbons (Fsp3) is 0.100. The van der Waals surface area contributed by atoms with Gasteiger partial charge in [-0.3, -0.25) is 0 Å². The Bertz CT molecular complexity index is 548. The number of aromatic nitrogens is 3. The van der Waals surface area contributed by atoms with Crippen molar-refractivity contribution in [1.82, 2.24) is 14.5 Å². The second-order valence-corrected chi connectivity index (χ2v) is 3.37. The van der Waals surface area contributed by atoms with Crippen LogP contribution in [0, 0.1) is 0 Å². The number of rotatable bonds is 2. The average molecular weight is 218 g/mol. The monoisotopic (exact) mass is 218 g/mol. The molecule has 0 atom stereocenters. The smallest absolute Gasteiger partial charge is 0.354 e. The number of nitrogen functional groups attached to an aromatic ring is 1. The summed E-state index contributed by atoms with van der Waals surface area (Å²) in [4.78, 5) is 18.4. The Kier molecular flexibility index (Phi) is 2.32. The van der Waals surface area contributed by atoms with E-state index in [0.29, 0.717) is 5.69 Å². The van der Waals surface area contributed by atoms with Gasteiger partial charge >= 0.3 is 5.97 Å². The van der Waals surface area contributed by atoms with E-state index in [9.17, 15) is 4.79 Å². The number of nitrogens with two attached hydrogens (primary N) is 1. The zero-order valence-corrected chi connectivity index (χ0v) is 8.58. The van der Waals surface area contributed by atoms with Crippen LogP contribution in [0.15, 0.2) is 24.5 Å². The quantitative estimate of drug-likeness (QED) is 0.776. The highest BCUT2D eigenvalue weighted by Crippen LogP contribution is 2.18. The third kappa shape index (κ3) is 1.85. The van der Waals surface area contributed by atoms with Crippen molar-refractivity contribution in [2.45, 2.75) is 0 Å². The van der Waals surface area contributed by atoms with E-state index in [1.165, 1.54) is 6.07 Å². The highest BCUT2D eigenvalue weighted by atomic mass is 16.4. The zero-order chi connectivity index (χ0) is 11.7. The summed E-state index contributed by atoms with van der Waals surface area (Å²) in [6, 6.07) is 3.22. The van der Waals surface area contributed by atoms with Crippen molar-refractivity contribution in [2.24, 2.45) is 7.05 Å². The van der Waals surface area contributed by atoms with Gasteiger partial charge in [0.15, 0.2) is 5.69 Å². The second kappa shape index (κ2) is 3.65. The molecule has 0 radical (unpaired) electrons. The van der Waals surface area contributed by atoms with E-state index < -0.39 is 5.97 Å². The molecular formula is C10H10N4O2. The SMILES string of the molecule is Cn1ccc(-c2cc(C(=O)O)nc(N)n2)c1. The van der Waals surface area contributed by atoms with Crippen LogP contribution >= 0.6 is 0 Å². The molecule has 0 unspecified atom stereocenters. The van der Waals surface area contributed by atoms with Gasteiger partial charge in [0, 0.05) is 25.0 Å². The predicted octanol–water partition coefficient (Wildman–Crippen LogP) is 0.762. The minimum Gasteiger partial charge on any atom is -0.477 e. The van der Waals surface area contributed by atoms with Crippen LogP contribution < -0.4 is 5.73 Å². The first-order valence-corrected chi connectivity index (χ1v) is 4.56. The van der Waals surface area contributed by atoms with E-state index in [1.807, 2.05) is 30.1 Å². The first kappa shape index (κ1) is 10.2. The molecule has 0 saturated heterocycles. The van der Waals surface area contributed by atoms with Crippen LogP contribution in [0.1, 0.15) is 10.5 Å². The maximum absolute atomic E-state index is 10.8. The number of aryl methyl sites for hydroxylation is 1. The molecule has 2 aromatic rings. The molecular weight excluding hydrogens is 208 g/mol. The summed E-state index contributed by atoms with van der Waals surface area (Å²) in [7, 11) is 1.87. The van der Waals surface area contributed by atoms with E-state index in [4.69, 9.17) is 10.8 Å². The zero-order valence-electron chi connectivity index (χ0n) is 8.58. The van der Waals surface area contributed by atoms with Gasteiger partial charge in [0.2, 0.25) is 5.95 Å². The number of carboxylic acid groups (broad SMARTS) is 1. The number of anilines is 1. The molecule has 6 nitrogen and oxygen atoms in total. The summed E-state index contributed by atoms with van der Waals surface area (Å²) in [6.07, 6.45) is 3.67. The van der Waals surface area contributed by atoms with Crippen LogP contribution in [-0.2, 0) is 7.05 Å². The number of hydrogen-bond donors (Lipinski definition) is 2. The number of carboxylic acids is 1. The summed E-state index contributed by atoms with van der Waals surface area (Å²) in [5.74, 6) is -1.16. The van der Waals surface area contributed by atoms with Crippen molar-refractivity contribution >= 4 is 11.9 Å². The molecule has 0 aliphatic carbocycles. The molecule has 0 fully saturated rings. The largest absolute Gasteiger partial charge is 0.477 e. The maximum Gasteiger partial charge on any atom is 0.354 e. The molecule has 3 N–H and O–H groups in total. The van der Waals surface area contributed by atoms with Gasteiger partial charge in [-0.05, 0) is 12.1 Å². The van der Waals surface area contributed by atoms with Crippen molar-refractivity contribution in [3.05, 3.63) is 30.2 Å². The summed E-state index contributed by atoms with van der Waals surface area (Å²) in [5, 5.41) is 8.83. The van der Waals surface area contributed by atoms with Gasteiger partial charge in [0.25, 0.3) is 0 Å². The maximum atomic E-state index is 10.8. The number of aromatic carboxylic acids is 1. The van der Waals surface area contributed by atoms with Gasteiger partial charge in [-0.1, -0.05) is 0 Å². The van der Waals surface area contributed by atoms with E-state index in [0.717, 1.165) is 5.56 Å². The Morgan fingerprint density at radius 1 is 1.50 bits per heavy atom.